The molecule has 1 atom stereocenters. The molecule has 5 heteroatoms. The summed E-state index contributed by atoms with van der Waals surface area (Å²) < 4.78 is 5.98. The Kier molecular flexibility index (Phi) is 7.46. The van der Waals surface area contributed by atoms with Gasteiger partial charge in [0.05, 0.1) is 6.04 Å². The highest BCUT2D eigenvalue weighted by Crippen LogP contribution is 2.29. The van der Waals surface area contributed by atoms with E-state index in [1.165, 1.54) is 11.1 Å². The first-order valence-corrected chi connectivity index (χ1v) is 11.6. The third-order valence-corrected chi connectivity index (χ3v) is 6.21. The maximum atomic E-state index is 13.2. The molecule has 4 nitrogen and oxygen atoms in total. The first-order valence-electron chi connectivity index (χ1n) is 11.2. The Bertz CT molecular complexity index is 948. The van der Waals surface area contributed by atoms with Crippen LogP contribution < -0.4 is 4.74 Å². The summed E-state index contributed by atoms with van der Waals surface area (Å²) in [6.45, 7) is 5.00. The van der Waals surface area contributed by atoms with Gasteiger partial charge in [0, 0.05) is 31.2 Å². The van der Waals surface area contributed by atoms with E-state index in [9.17, 15) is 4.79 Å². The van der Waals surface area contributed by atoms with Crippen molar-refractivity contribution < 1.29 is 9.53 Å². The van der Waals surface area contributed by atoms with E-state index in [0.29, 0.717) is 30.3 Å². The Hall–Kier alpha value is -2.82. The minimum absolute atomic E-state index is 0.0538. The molecule has 1 heterocycles. The van der Waals surface area contributed by atoms with Gasteiger partial charge in [-0.15, -0.1) is 0 Å². The Balaban J connectivity index is 1.43. The zero-order valence-corrected chi connectivity index (χ0v) is 19.1. The maximum absolute atomic E-state index is 13.2. The van der Waals surface area contributed by atoms with Crippen molar-refractivity contribution in [2.45, 2.75) is 25.5 Å². The smallest absolute Gasteiger partial charge is 0.263 e. The van der Waals surface area contributed by atoms with Crippen LogP contribution in [0, 0.1) is 0 Å². The Morgan fingerprint density at radius 1 is 0.844 bits per heavy atom. The van der Waals surface area contributed by atoms with Crippen LogP contribution in [0.3, 0.4) is 0 Å². The molecule has 1 amide bonds. The van der Waals surface area contributed by atoms with Gasteiger partial charge in [-0.2, -0.15) is 0 Å². The normalized spacial score (nSPS) is 15.5. The van der Waals surface area contributed by atoms with Crippen molar-refractivity contribution in [3.05, 3.63) is 101 Å². The Morgan fingerprint density at radius 3 is 1.88 bits per heavy atom. The molecule has 0 radical (unpaired) electrons. The monoisotopic (exact) mass is 448 g/mol. The largest absolute Gasteiger partial charge is 0.481 e. The van der Waals surface area contributed by atoms with Crippen molar-refractivity contribution in [3.8, 4) is 5.75 Å². The summed E-state index contributed by atoms with van der Waals surface area (Å²) in [4.78, 5) is 17.6. The van der Waals surface area contributed by atoms with E-state index < -0.39 is 6.10 Å². The van der Waals surface area contributed by atoms with E-state index in [2.05, 4.69) is 53.4 Å². The van der Waals surface area contributed by atoms with Gasteiger partial charge >= 0.3 is 0 Å². The summed E-state index contributed by atoms with van der Waals surface area (Å²) in [5, 5.41) is 0.652. The zero-order valence-electron chi connectivity index (χ0n) is 18.4. The van der Waals surface area contributed by atoms with Gasteiger partial charge in [-0.05, 0) is 41.8 Å². The molecular formula is C27H29ClN2O2. The Morgan fingerprint density at radius 2 is 1.38 bits per heavy atom. The number of halogens is 1. The highest BCUT2D eigenvalue weighted by molar-refractivity contribution is 6.30. The summed E-state index contributed by atoms with van der Waals surface area (Å²) in [7, 11) is 0. The first kappa shape index (κ1) is 22.4. The van der Waals surface area contributed by atoms with Crippen molar-refractivity contribution >= 4 is 17.5 Å². The van der Waals surface area contributed by atoms with Crippen LogP contribution in [-0.4, -0.2) is 48.0 Å². The number of hydrogen-bond acceptors (Lipinski definition) is 3. The summed E-state index contributed by atoms with van der Waals surface area (Å²) in [6, 6.07) is 28.5. The van der Waals surface area contributed by atoms with Crippen molar-refractivity contribution in [1.82, 2.24) is 9.80 Å². The van der Waals surface area contributed by atoms with Crippen molar-refractivity contribution in [1.29, 1.82) is 0 Å². The lowest BCUT2D eigenvalue weighted by Gasteiger charge is -2.40. The van der Waals surface area contributed by atoms with Crippen LogP contribution in [0.1, 0.15) is 30.5 Å². The topological polar surface area (TPSA) is 32.8 Å². The van der Waals surface area contributed by atoms with Crippen LogP contribution in [0.5, 0.6) is 5.75 Å². The average Bonchev–Trinajstić information content (AvgIpc) is 2.85. The molecule has 0 aliphatic carbocycles. The van der Waals surface area contributed by atoms with Gasteiger partial charge in [0.25, 0.3) is 5.91 Å². The fourth-order valence-corrected chi connectivity index (χ4v) is 4.40. The molecule has 0 unspecified atom stereocenters. The third kappa shape index (κ3) is 5.32. The standard InChI is InChI=1S/C27H29ClN2O2/c1-2-25(32-24-15-13-23(28)14-16-24)27(31)30-19-17-29(18-20-30)26(21-9-5-3-6-10-21)22-11-7-4-8-12-22/h3-16,25-26H,2,17-20H2,1H3/t25-/m1/s1. The van der Waals surface area contributed by atoms with Gasteiger partial charge in [-0.1, -0.05) is 79.2 Å². The minimum atomic E-state index is -0.484. The van der Waals surface area contributed by atoms with Crippen molar-refractivity contribution in [3.63, 3.8) is 0 Å². The number of amides is 1. The van der Waals surface area contributed by atoms with E-state index in [1.54, 1.807) is 24.3 Å². The second kappa shape index (κ2) is 10.7. The molecule has 32 heavy (non-hydrogen) atoms. The SMILES string of the molecule is CC[C@@H](Oc1ccc(Cl)cc1)C(=O)N1CCN(C(c2ccccc2)c2ccccc2)CC1. The molecule has 166 valence electrons. The summed E-state index contributed by atoms with van der Waals surface area (Å²) in [6.07, 6.45) is 0.139. The maximum Gasteiger partial charge on any atom is 0.263 e. The van der Waals surface area contributed by atoms with E-state index in [-0.39, 0.29) is 11.9 Å². The highest BCUT2D eigenvalue weighted by Gasteiger charge is 2.31. The number of hydrogen-bond donors (Lipinski definition) is 0. The van der Waals surface area contributed by atoms with E-state index in [1.807, 2.05) is 24.0 Å². The fraction of sp³-hybridized carbons (Fsp3) is 0.296. The van der Waals surface area contributed by atoms with E-state index >= 15 is 0 Å². The van der Waals surface area contributed by atoms with Gasteiger partial charge < -0.3 is 9.64 Å². The molecule has 3 aromatic rings. The molecule has 1 fully saturated rings. The third-order valence-electron chi connectivity index (χ3n) is 5.96. The van der Waals surface area contributed by atoms with Crippen molar-refractivity contribution in [2.75, 3.05) is 26.2 Å². The molecule has 0 N–H and O–H groups in total. The van der Waals surface area contributed by atoms with E-state index in [4.69, 9.17) is 16.3 Å². The van der Waals surface area contributed by atoms with Crippen LogP contribution in [0.15, 0.2) is 84.9 Å². The number of ether oxygens (including phenoxy) is 1. The molecule has 0 saturated carbocycles. The summed E-state index contributed by atoms with van der Waals surface area (Å²) in [5.74, 6) is 0.722. The van der Waals surface area contributed by atoms with Crippen LogP contribution in [0.2, 0.25) is 5.02 Å². The molecule has 0 aromatic heterocycles. The molecule has 4 rings (SSSR count). The predicted octanol–water partition coefficient (Wildman–Crippen LogP) is 5.43. The van der Waals surface area contributed by atoms with Crippen LogP contribution >= 0.6 is 11.6 Å². The van der Waals surface area contributed by atoms with Crippen molar-refractivity contribution in [2.24, 2.45) is 0 Å². The number of piperazine rings is 1. The molecule has 1 saturated heterocycles. The van der Waals surface area contributed by atoms with Gasteiger partial charge in [0.1, 0.15) is 5.75 Å². The molecule has 1 aliphatic heterocycles. The number of rotatable bonds is 7. The van der Waals surface area contributed by atoms with Crippen LogP contribution in [-0.2, 0) is 4.79 Å². The summed E-state index contributed by atoms with van der Waals surface area (Å²) >= 11 is 5.96. The van der Waals surface area contributed by atoms with E-state index in [0.717, 1.165) is 13.1 Å². The van der Waals surface area contributed by atoms with Gasteiger partial charge in [-0.25, -0.2) is 0 Å². The number of carbonyl (C=O) groups is 1. The highest BCUT2D eigenvalue weighted by atomic mass is 35.5. The van der Waals surface area contributed by atoms with Gasteiger partial charge in [0.15, 0.2) is 6.10 Å². The minimum Gasteiger partial charge on any atom is -0.481 e. The zero-order chi connectivity index (χ0) is 22.3. The average molecular weight is 449 g/mol. The van der Waals surface area contributed by atoms with Gasteiger partial charge in [-0.3, -0.25) is 9.69 Å². The molecular weight excluding hydrogens is 420 g/mol. The second-order valence-corrected chi connectivity index (χ2v) is 8.49. The number of nitrogens with zero attached hydrogens (tertiary/aromatic N) is 2. The number of carbonyl (C=O) groups excluding carboxylic acids is 1. The molecule has 1 aliphatic rings. The second-order valence-electron chi connectivity index (χ2n) is 8.05. The lowest BCUT2D eigenvalue weighted by molar-refractivity contribution is -0.140. The Labute approximate surface area is 195 Å². The molecule has 0 bridgehead atoms. The lowest BCUT2D eigenvalue weighted by atomic mass is 9.96. The molecule has 0 spiro atoms. The fourth-order valence-electron chi connectivity index (χ4n) is 4.27. The van der Waals surface area contributed by atoms with Crippen LogP contribution in [0.25, 0.3) is 0 Å². The quantitative estimate of drug-likeness (QED) is 0.483. The van der Waals surface area contributed by atoms with Gasteiger partial charge in [0.2, 0.25) is 0 Å². The van der Waals surface area contributed by atoms with Crippen LogP contribution in [0.4, 0.5) is 0 Å². The number of benzene rings is 3. The molecule has 3 aromatic carbocycles. The summed E-state index contributed by atoms with van der Waals surface area (Å²) in [5.41, 5.74) is 2.55. The first-order chi connectivity index (χ1) is 15.7. The predicted molar refractivity (Wildman–Crippen MR) is 129 cm³/mol. The lowest BCUT2D eigenvalue weighted by Crippen LogP contribution is -2.53.